The van der Waals surface area contributed by atoms with Crippen LogP contribution in [0.15, 0.2) is 59.9 Å². The normalized spacial score (nSPS) is 15.1. The highest BCUT2D eigenvalue weighted by Gasteiger charge is 2.43. The van der Waals surface area contributed by atoms with Gasteiger partial charge >= 0.3 is 0 Å². The van der Waals surface area contributed by atoms with Crippen LogP contribution >= 0.6 is 0 Å². The Bertz CT molecular complexity index is 2220. The molecule has 0 bridgehead atoms. The van der Waals surface area contributed by atoms with Gasteiger partial charge in [-0.1, -0.05) is 42.0 Å². The Balaban J connectivity index is 2.01. The van der Waals surface area contributed by atoms with Crippen molar-refractivity contribution in [2.45, 2.75) is 6.92 Å². The first-order valence-electron chi connectivity index (χ1n) is 12.3. The molecule has 0 amide bonds. The lowest BCUT2D eigenvalue weighted by atomic mass is 9.90. The first-order chi connectivity index (χ1) is 20.8. The number of fused-ring (bicyclic) bond motifs is 2. The van der Waals surface area contributed by atoms with E-state index in [1.54, 1.807) is 36.4 Å². The number of halogens is 2. The van der Waals surface area contributed by atoms with Crippen molar-refractivity contribution in [1.29, 1.82) is 21.0 Å². The molecule has 3 aromatic carbocycles. The molecule has 3 aromatic rings. The summed E-state index contributed by atoms with van der Waals surface area (Å²) in [5, 5.41) is 39.2. The van der Waals surface area contributed by atoms with E-state index in [1.807, 2.05) is 19.1 Å². The van der Waals surface area contributed by atoms with E-state index >= 15 is 8.78 Å². The van der Waals surface area contributed by atoms with Crippen molar-refractivity contribution in [3.05, 3.63) is 150 Å². The number of rotatable bonds is 2. The fourth-order valence-electron chi connectivity index (χ4n) is 5.33. The summed E-state index contributed by atoms with van der Waals surface area (Å²) in [6, 6.07) is 19.6. The van der Waals surface area contributed by atoms with Gasteiger partial charge in [0, 0.05) is 27.8 Å². The second-order valence-corrected chi connectivity index (χ2v) is 9.27. The number of hydrogen-bond donors (Lipinski definition) is 0. The van der Waals surface area contributed by atoms with Crippen LogP contribution < -0.4 is 0 Å². The predicted molar refractivity (Wildman–Crippen MR) is 153 cm³/mol. The van der Waals surface area contributed by atoms with Gasteiger partial charge in [0.25, 0.3) is 11.4 Å². The van der Waals surface area contributed by atoms with Crippen molar-refractivity contribution in [2.24, 2.45) is 0 Å². The summed E-state index contributed by atoms with van der Waals surface area (Å²) in [5.41, 5.74) is -3.21. The molecular formula is C34H11F2N7. The summed E-state index contributed by atoms with van der Waals surface area (Å²) in [5.74, 6) is -2.36. The third kappa shape index (κ3) is 3.86. The smallest absolute Gasteiger partial charge is 0.237 e. The monoisotopic (exact) mass is 555 g/mol. The summed E-state index contributed by atoms with van der Waals surface area (Å²) in [6.07, 6.45) is 0. The van der Waals surface area contributed by atoms with Gasteiger partial charge in [-0.3, -0.25) is 0 Å². The van der Waals surface area contributed by atoms with Crippen LogP contribution in [-0.4, -0.2) is 0 Å². The summed E-state index contributed by atoms with van der Waals surface area (Å²) in [7, 11) is 0. The van der Waals surface area contributed by atoms with Gasteiger partial charge in [-0.05, 0) is 46.9 Å². The SMILES string of the molecule is [C-]#[N+]C1=C(c2ccc(C)cc2)/C(=C(/C#N)[N+]#[C-])c2c(F)c3c(c(F)c21)/C(=C(/C#N)[N+]#[C-])C(c1ccc(C#N)cc1)=C3C#N. The second kappa shape index (κ2) is 10.5. The number of benzene rings is 3. The molecule has 9 heteroatoms. The first kappa shape index (κ1) is 27.5. The Morgan fingerprint density at radius 2 is 1.14 bits per heavy atom. The predicted octanol–water partition coefficient (Wildman–Crippen LogP) is 7.70. The lowest BCUT2D eigenvalue weighted by Gasteiger charge is -2.15. The van der Waals surface area contributed by atoms with Crippen molar-refractivity contribution in [3.8, 4) is 24.3 Å². The number of aryl methyl sites for hydroxylation is 1. The van der Waals surface area contributed by atoms with Crippen molar-refractivity contribution < 1.29 is 8.78 Å². The largest absolute Gasteiger partial charge is 0.270 e. The Morgan fingerprint density at radius 3 is 1.63 bits per heavy atom. The molecule has 0 heterocycles. The summed E-state index contributed by atoms with van der Waals surface area (Å²) >= 11 is 0. The van der Waals surface area contributed by atoms with Crippen molar-refractivity contribution in [3.63, 3.8) is 0 Å². The van der Waals surface area contributed by atoms with Crippen LogP contribution in [-0.2, 0) is 0 Å². The van der Waals surface area contributed by atoms with Crippen LogP contribution in [0.1, 0.15) is 44.5 Å². The molecule has 0 radical (unpaired) electrons. The zero-order chi connectivity index (χ0) is 31.0. The highest BCUT2D eigenvalue weighted by atomic mass is 19.1. The molecular weight excluding hydrogens is 544 g/mol. The molecule has 0 saturated carbocycles. The van der Waals surface area contributed by atoms with Gasteiger partial charge in [0.2, 0.25) is 5.70 Å². The van der Waals surface area contributed by atoms with Crippen molar-refractivity contribution in [1.82, 2.24) is 0 Å². The van der Waals surface area contributed by atoms with E-state index in [9.17, 15) is 21.0 Å². The van der Waals surface area contributed by atoms with E-state index in [-0.39, 0.29) is 44.7 Å². The Labute approximate surface area is 244 Å². The Morgan fingerprint density at radius 1 is 0.651 bits per heavy atom. The average Bonchev–Trinajstić information content (AvgIpc) is 3.56. The number of hydrogen-bond acceptors (Lipinski definition) is 4. The summed E-state index contributed by atoms with van der Waals surface area (Å²) < 4.78 is 33.9. The maximum Gasteiger partial charge on any atom is 0.270 e. The van der Waals surface area contributed by atoms with E-state index in [0.29, 0.717) is 5.56 Å². The van der Waals surface area contributed by atoms with Gasteiger partial charge in [-0.15, -0.1) is 0 Å². The van der Waals surface area contributed by atoms with E-state index in [4.69, 9.17) is 19.7 Å². The molecule has 196 valence electrons. The summed E-state index contributed by atoms with van der Waals surface area (Å²) in [4.78, 5) is 9.99. The van der Waals surface area contributed by atoms with E-state index in [1.165, 1.54) is 24.3 Å². The van der Waals surface area contributed by atoms with Crippen LogP contribution in [0.25, 0.3) is 48.1 Å². The molecule has 0 saturated heterocycles. The lowest BCUT2D eigenvalue weighted by molar-refractivity contribution is 0.590. The van der Waals surface area contributed by atoms with Gasteiger partial charge in [-0.2, -0.15) is 10.5 Å². The average molecular weight is 556 g/mol. The van der Waals surface area contributed by atoms with Gasteiger partial charge in [0.05, 0.1) is 49.1 Å². The lowest BCUT2D eigenvalue weighted by Crippen LogP contribution is -2.04. The molecule has 2 aliphatic rings. The highest BCUT2D eigenvalue weighted by molar-refractivity contribution is 6.29. The Kier molecular flexibility index (Phi) is 6.69. The minimum absolute atomic E-state index is 0.0231. The van der Waals surface area contributed by atoms with Crippen LogP contribution in [0.4, 0.5) is 8.78 Å². The Hall–Kier alpha value is -7.09. The van der Waals surface area contributed by atoms with Gasteiger partial charge in [0.15, 0.2) is 0 Å². The highest BCUT2D eigenvalue weighted by Crippen LogP contribution is 2.57. The second-order valence-electron chi connectivity index (χ2n) is 9.27. The zero-order valence-corrected chi connectivity index (χ0v) is 22.0. The molecule has 0 spiro atoms. The van der Waals surface area contributed by atoms with Gasteiger partial charge in [-0.25, -0.2) is 33.8 Å². The number of allylic oxidation sites excluding steroid dienone is 7. The third-order valence-electron chi connectivity index (χ3n) is 7.13. The number of nitriles is 4. The van der Waals surface area contributed by atoms with Gasteiger partial charge in [0.1, 0.15) is 17.7 Å². The van der Waals surface area contributed by atoms with Crippen molar-refractivity contribution in [2.75, 3.05) is 0 Å². The van der Waals surface area contributed by atoms with E-state index < -0.39 is 45.3 Å². The quantitative estimate of drug-likeness (QED) is 0.238. The van der Waals surface area contributed by atoms with Gasteiger partial charge < -0.3 is 0 Å². The molecule has 2 aliphatic carbocycles. The topological polar surface area (TPSA) is 108 Å². The first-order valence-corrected chi connectivity index (χ1v) is 12.3. The standard InChI is InChI=1S/C34H11F2N7/c1-17-5-9-20(10-6-17)25-28(23(16-40)42-3)30-31(34(25)43-4)33(36)29-26(32(30)35)21(14-38)24(27(29)22(15-39)41-2)19-11-7-18(13-37)8-12-19/h5-12H,1H3/b27-22-,28-23+. The molecule has 43 heavy (non-hydrogen) atoms. The third-order valence-corrected chi connectivity index (χ3v) is 7.13. The van der Waals surface area contributed by atoms with E-state index in [2.05, 4.69) is 14.5 Å². The molecule has 7 nitrogen and oxygen atoms in total. The molecule has 0 atom stereocenters. The van der Waals surface area contributed by atoms with Crippen LogP contribution in [0, 0.1) is 83.6 Å². The van der Waals surface area contributed by atoms with Crippen LogP contribution in [0.5, 0.6) is 0 Å². The van der Waals surface area contributed by atoms with Crippen LogP contribution in [0.2, 0.25) is 0 Å². The molecule has 0 fully saturated rings. The van der Waals surface area contributed by atoms with Crippen LogP contribution in [0.3, 0.4) is 0 Å². The fraction of sp³-hybridized carbons (Fsp3) is 0.0294. The maximum atomic E-state index is 16.9. The van der Waals surface area contributed by atoms with E-state index in [0.717, 1.165) is 5.56 Å². The minimum Gasteiger partial charge on any atom is -0.237 e. The molecule has 0 N–H and O–H groups in total. The molecule has 0 aromatic heterocycles. The maximum absolute atomic E-state index is 16.9. The van der Waals surface area contributed by atoms with Crippen molar-refractivity contribution >= 4 is 33.6 Å². The molecule has 0 aliphatic heterocycles. The minimum atomic E-state index is -1.18. The summed E-state index contributed by atoms with van der Waals surface area (Å²) in [6.45, 7) is 25.0. The molecule has 5 rings (SSSR count). The fourth-order valence-corrected chi connectivity index (χ4v) is 5.33. The number of nitrogens with zero attached hydrogens (tertiary/aromatic N) is 7. The molecule has 0 unspecified atom stereocenters. The zero-order valence-electron chi connectivity index (χ0n) is 22.0.